The Morgan fingerprint density at radius 3 is 2.25 bits per heavy atom. The molecule has 0 N–H and O–H groups in total. The number of aromatic nitrogens is 3. The van der Waals surface area contributed by atoms with Crippen LogP contribution in [-0.2, 0) is 16.1 Å². The van der Waals surface area contributed by atoms with Gasteiger partial charge >= 0.3 is 0 Å². The number of nitrogens with zero attached hydrogens (tertiary/aromatic N) is 4. The van der Waals surface area contributed by atoms with Crippen molar-refractivity contribution >= 4 is 17.5 Å². The first-order valence-corrected chi connectivity index (χ1v) is 6.25. The zero-order chi connectivity index (χ0) is 14.1. The number of carbonyl (C=O) groups is 2. The van der Waals surface area contributed by atoms with Crippen molar-refractivity contribution in [3.63, 3.8) is 0 Å². The minimum Gasteiger partial charge on any atom is -0.269 e. The van der Waals surface area contributed by atoms with Gasteiger partial charge in [-0.05, 0) is 19.1 Å². The van der Waals surface area contributed by atoms with Crippen LogP contribution in [0, 0.1) is 0 Å². The molecule has 100 valence electrons. The van der Waals surface area contributed by atoms with Crippen molar-refractivity contribution in [2.45, 2.75) is 13.5 Å². The third-order valence-corrected chi connectivity index (χ3v) is 3.09. The van der Waals surface area contributed by atoms with Crippen LogP contribution in [0.1, 0.15) is 6.92 Å². The van der Waals surface area contributed by atoms with E-state index in [1.54, 1.807) is 16.8 Å². The van der Waals surface area contributed by atoms with E-state index in [1.165, 1.54) is 12.2 Å². The number of carbonyl (C=O) groups excluding carboxylic acids is 2. The summed E-state index contributed by atoms with van der Waals surface area (Å²) in [5.74, 6) is -0.639. The van der Waals surface area contributed by atoms with Gasteiger partial charge in [-0.25, -0.2) is 4.90 Å². The Balaban J connectivity index is 1.88. The van der Waals surface area contributed by atoms with E-state index < -0.39 is 0 Å². The Labute approximate surface area is 115 Å². The number of hydrogen-bond acceptors (Lipinski definition) is 4. The molecule has 2 amide bonds. The van der Waals surface area contributed by atoms with Crippen molar-refractivity contribution in [1.29, 1.82) is 0 Å². The highest BCUT2D eigenvalue weighted by atomic mass is 16.2. The molecule has 3 rings (SSSR count). The predicted molar refractivity (Wildman–Crippen MR) is 72.8 cm³/mol. The molecular formula is C14H12N4O2. The SMILES string of the molecule is CCn1cc(-c2ccc(N3C(=O)C=CC3=O)cc2)nn1. The van der Waals surface area contributed by atoms with E-state index in [4.69, 9.17) is 0 Å². The third kappa shape index (κ3) is 2.01. The Kier molecular flexibility index (Phi) is 2.90. The lowest BCUT2D eigenvalue weighted by atomic mass is 10.1. The average Bonchev–Trinajstić information content (AvgIpc) is 3.06. The highest BCUT2D eigenvalue weighted by Crippen LogP contribution is 2.23. The molecule has 1 aromatic heterocycles. The molecule has 0 unspecified atom stereocenters. The van der Waals surface area contributed by atoms with Crippen LogP contribution in [0.4, 0.5) is 5.69 Å². The largest absolute Gasteiger partial charge is 0.269 e. The summed E-state index contributed by atoms with van der Waals surface area (Å²) < 4.78 is 1.74. The molecule has 6 nitrogen and oxygen atoms in total. The summed E-state index contributed by atoms with van der Waals surface area (Å²) >= 11 is 0. The molecule has 2 aromatic rings. The van der Waals surface area contributed by atoms with Crippen molar-refractivity contribution in [3.05, 3.63) is 42.6 Å². The molecule has 0 atom stereocenters. The van der Waals surface area contributed by atoms with Gasteiger partial charge < -0.3 is 0 Å². The van der Waals surface area contributed by atoms with Gasteiger partial charge in [0.15, 0.2) is 0 Å². The Morgan fingerprint density at radius 2 is 1.70 bits per heavy atom. The molecular weight excluding hydrogens is 256 g/mol. The molecule has 6 heteroatoms. The van der Waals surface area contributed by atoms with Crippen LogP contribution in [0.3, 0.4) is 0 Å². The van der Waals surface area contributed by atoms with Crippen LogP contribution in [0.5, 0.6) is 0 Å². The minimum absolute atomic E-state index is 0.320. The van der Waals surface area contributed by atoms with Crippen molar-refractivity contribution in [2.24, 2.45) is 0 Å². The number of anilines is 1. The molecule has 1 aliphatic rings. The fourth-order valence-corrected chi connectivity index (χ4v) is 2.02. The summed E-state index contributed by atoms with van der Waals surface area (Å²) in [6.45, 7) is 2.74. The number of aryl methyl sites for hydroxylation is 1. The summed E-state index contributed by atoms with van der Waals surface area (Å²) in [4.78, 5) is 24.3. The molecule has 0 aliphatic carbocycles. The first kappa shape index (κ1) is 12.3. The second-order valence-electron chi connectivity index (χ2n) is 4.35. The third-order valence-electron chi connectivity index (χ3n) is 3.09. The minimum atomic E-state index is -0.320. The van der Waals surface area contributed by atoms with Gasteiger partial charge in [0.05, 0.1) is 11.9 Å². The lowest BCUT2D eigenvalue weighted by molar-refractivity contribution is -0.119. The van der Waals surface area contributed by atoms with Gasteiger partial charge in [0.25, 0.3) is 11.8 Å². The monoisotopic (exact) mass is 268 g/mol. The summed E-state index contributed by atoms with van der Waals surface area (Å²) in [6.07, 6.45) is 4.38. The van der Waals surface area contributed by atoms with Gasteiger partial charge in [-0.3, -0.25) is 14.3 Å². The van der Waals surface area contributed by atoms with Crippen LogP contribution >= 0.6 is 0 Å². The number of benzene rings is 1. The maximum absolute atomic E-state index is 11.6. The van der Waals surface area contributed by atoms with E-state index in [-0.39, 0.29) is 11.8 Å². The number of imide groups is 1. The maximum atomic E-state index is 11.6. The zero-order valence-corrected chi connectivity index (χ0v) is 10.9. The van der Waals surface area contributed by atoms with Gasteiger partial charge in [-0.15, -0.1) is 5.10 Å². The molecule has 0 radical (unpaired) electrons. The van der Waals surface area contributed by atoms with E-state index in [0.29, 0.717) is 5.69 Å². The van der Waals surface area contributed by atoms with E-state index in [0.717, 1.165) is 22.7 Å². The predicted octanol–water partition coefficient (Wildman–Crippen LogP) is 1.39. The first-order valence-electron chi connectivity index (χ1n) is 6.25. The molecule has 2 heterocycles. The van der Waals surface area contributed by atoms with Crippen molar-refractivity contribution in [2.75, 3.05) is 4.90 Å². The van der Waals surface area contributed by atoms with Gasteiger partial charge in [-0.1, -0.05) is 17.3 Å². The highest BCUT2D eigenvalue weighted by molar-refractivity contribution is 6.28. The average molecular weight is 268 g/mol. The fraction of sp³-hybridized carbons (Fsp3) is 0.143. The number of rotatable bonds is 3. The molecule has 0 saturated heterocycles. The molecule has 0 saturated carbocycles. The number of amides is 2. The topological polar surface area (TPSA) is 68.1 Å². The lowest BCUT2D eigenvalue weighted by Crippen LogP contribution is -2.29. The second kappa shape index (κ2) is 4.73. The van der Waals surface area contributed by atoms with Gasteiger partial charge in [0.1, 0.15) is 5.69 Å². The van der Waals surface area contributed by atoms with Crippen LogP contribution in [0.25, 0.3) is 11.3 Å². The summed E-state index contributed by atoms with van der Waals surface area (Å²) in [6, 6.07) is 7.09. The van der Waals surface area contributed by atoms with Crippen molar-refractivity contribution < 1.29 is 9.59 Å². The molecule has 20 heavy (non-hydrogen) atoms. The molecule has 1 aliphatic heterocycles. The molecule has 1 aromatic carbocycles. The van der Waals surface area contributed by atoms with Crippen LogP contribution in [0.15, 0.2) is 42.6 Å². The molecule has 0 spiro atoms. The summed E-state index contributed by atoms with van der Waals surface area (Å²) in [5.41, 5.74) is 2.20. The van der Waals surface area contributed by atoms with Crippen molar-refractivity contribution in [3.8, 4) is 11.3 Å². The smallest absolute Gasteiger partial charge is 0.258 e. The fourth-order valence-electron chi connectivity index (χ4n) is 2.02. The van der Waals surface area contributed by atoms with E-state index in [1.807, 2.05) is 25.3 Å². The second-order valence-corrected chi connectivity index (χ2v) is 4.35. The Bertz CT molecular complexity index is 682. The van der Waals surface area contributed by atoms with Gasteiger partial charge in [-0.2, -0.15) is 0 Å². The van der Waals surface area contributed by atoms with Crippen molar-refractivity contribution in [1.82, 2.24) is 15.0 Å². The van der Waals surface area contributed by atoms with Gasteiger partial charge in [0, 0.05) is 24.3 Å². The van der Waals surface area contributed by atoms with E-state index in [2.05, 4.69) is 10.3 Å². The first-order chi connectivity index (χ1) is 9.69. The highest BCUT2D eigenvalue weighted by Gasteiger charge is 2.24. The van der Waals surface area contributed by atoms with Crippen LogP contribution in [0.2, 0.25) is 0 Å². The van der Waals surface area contributed by atoms with Gasteiger partial charge in [0.2, 0.25) is 0 Å². The molecule has 0 fully saturated rings. The Morgan fingerprint density at radius 1 is 1.05 bits per heavy atom. The lowest BCUT2D eigenvalue weighted by Gasteiger charge is -2.13. The Hall–Kier alpha value is -2.76. The zero-order valence-electron chi connectivity index (χ0n) is 10.9. The van der Waals surface area contributed by atoms with E-state index in [9.17, 15) is 9.59 Å². The summed E-state index contributed by atoms with van der Waals surface area (Å²) in [7, 11) is 0. The maximum Gasteiger partial charge on any atom is 0.258 e. The quantitative estimate of drug-likeness (QED) is 0.789. The van der Waals surface area contributed by atoms with Crippen LogP contribution < -0.4 is 4.90 Å². The normalized spacial score (nSPS) is 14.3. The number of hydrogen-bond donors (Lipinski definition) is 0. The van der Waals surface area contributed by atoms with E-state index >= 15 is 0 Å². The van der Waals surface area contributed by atoms with Crippen LogP contribution in [-0.4, -0.2) is 26.8 Å². The standard InChI is InChI=1S/C14H12N4O2/c1-2-17-9-12(15-16-17)10-3-5-11(6-4-10)18-13(19)7-8-14(18)20/h3-9H,2H2,1H3. The summed E-state index contributed by atoms with van der Waals surface area (Å²) in [5, 5.41) is 8.04. The molecule has 0 bridgehead atoms.